The number of nitro groups is 1. The molecule has 0 saturated carbocycles. The molecule has 0 fully saturated rings. The van der Waals surface area contributed by atoms with Gasteiger partial charge in [-0.2, -0.15) is 5.10 Å². The summed E-state index contributed by atoms with van der Waals surface area (Å²) in [4.78, 5) is 10.9. The van der Waals surface area contributed by atoms with Gasteiger partial charge in [0.1, 0.15) is 5.75 Å². The molecule has 2 atom stereocenters. The lowest BCUT2D eigenvalue weighted by molar-refractivity contribution is -0.384. The number of aromatic hydroxyl groups is 1. The fourth-order valence-corrected chi connectivity index (χ4v) is 5.45. The molecular formula is C31H25N3O3. The van der Waals surface area contributed by atoms with Crippen LogP contribution in [0.4, 0.5) is 5.69 Å². The molecule has 0 bridgehead atoms. The fourth-order valence-electron chi connectivity index (χ4n) is 5.45. The standard InChI is InChI=1S/C31H25N3O3/c35-31-13-7-6-12-26(31)30-20-29(32-33(30)24-10-2-1-3-11-24)28-19-23-9-5-4-8-22(23)18-27(28)21-14-16-25(17-15-21)34(36)37/h1-17,20,27-28,35H,18-19H2. The molecule has 1 heterocycles. The number of para-hydroxylation sites is 2. The summed E-state index contributed by atoms with van der Waals surface area (Å²) in [7, 11) is 0. The number of benzene rings is 4. The second kappa shape index (κ2) is 9.39. The van der Waals surface area contributed by atoms with E-state index in [9.17, 15) is 15.2 Å². The lowest BCUT2D eigenvalue weighted by atomic mass is 9.71. The van der Waals surface area contributed by atoms with Gasteiger partial charge in [0.2, 0.25) is 0 Å². The van der Waals surface area contributed by atoms with Crippen molar-refractivity contribution in [3.8, 4) is 22.7 Å². The molecule has 0 radical (unpaired) electrons. The Hall–Kier alpha value is -4.71. The number of nitro benzene ring substituents is 1. The second-order valence-corrected chi connectivity index (χ2v) is 9.46. The van der Waals surface area contributed by atoms with Crippen LogP contribution >= 0.6 is 0 Å². The van der Waals surface area contributed by atoms with Gasteiger partial charge in [0.15, 0.2) is 0 Å². The van der Waals surface area contributed by atoms with Crippen LogP contribution in [0.25, 0.3) is 16.9 Å². The third kappa shape index (κ3) is 4.27. The van der Waals surface area contributed by atoms with Crippen LogP contribution < -0.4 is 0 Å². The third-order valence-electron chi connectivity index (χ3n) is 7.30. The molecule has 1 N–H and O–H groups in total. The quantitative estimate of drug-likeness (QED) is 0.218. The Balaban J connectivity index is 1.50. The molecular weight excluding hydrogens is 462 g/mol. The zero-order valence-corrected chi connectivity index (χ0v) is 20.1. The summed E-state index contributed by atoms with van der Waals surface area (Å²) in [5.74, 6) is 0.366. The number of non-ortho nitro benzene ring substituents is 1. The highest BCUT2D eigenvalue weighted by Crippen LogP contribution is 2.44. The highest BCUT2D eigenvalue weighted by Gasteiger charge is 2.33. The zero-order valence-electron chi connectivity index (χ0n) is 20.1. The molecule has 6 nitrogen and oxygen atoms in total. The van der Waals surface area contributed by atoms with Crippen LogP contribution in [0.5, 0.6) is 5.75 Å². The molecule has 2 unspecified atom stereocenters. The van der Waals surface area contributed by atoms with Crippen LogP contribution in [0.1, 0.15) is 34.2 Å². The maximum atomic E-state index is 11.2. The normalized spacial score (nSPS) is 16.8. The fraction of sp³-hybridized carbons (Fsp3) is 0.129. The molecule has 6 heteroatoms. The Labute approximate surface area is 214 Å². The smallest absolute Gasteiger partial charge is 0.269 e. The average molecular weight is 488 g/mol. The van der Waals surface area contributed by atoms with Crippen molar-refractivity contribution in [1.82, 2.24) is 9.78 Å². The number of rotatable bonds is 5. The van der Waals surface area contributed by atoms with Gasteiger partial charge in [-0.05, 0) is 65.8 Å². The van der Waals surface area contributed by atoms with Crippen molar-refractivity contribution in [2.45, 2.75) is 24.7 Å². The van der Waals surface area contributed by atoms with E-state index < -0.39 is 0 Å². The SMILES string of the molecule is O=[N+]([O-])c1ccc(C2Cc3ccccc3CC2c2cc(-c3ccccc3O)n(-c3ccccc3)n2)cc1. The van der Waals surface area contributed by atoms with E-state index in [2.05, 4.69) is 30.3 Å². The van der Waals surface area contributed by atoms with Gasteiger partial charge >= 0.3 is 0 Å². The number of hydrogen-bond acceptors (Lipinski definition) is 4. The van der Waals surface area contributed by atoms with Crippen molar-refractivity contribution in [3.63, 3.8) is 0 Å². The first-order chi connectivity index (χ1) is 18.1. The van der Waals surface area contributed by atoms with Crippen molar-refractivity contribution in [1.29, 1.82) is 0 Å². The largest absolute Gasteiger partial charge is 0.507 e. The predicted octanol–water partition coefficient (Wildman–Crippen LogP) is 6.82. The first kappa shape index (κ1) is 22.7. The first-order valence-electron chi connectivity index (χ1n) is 12.3. The highest BCUT2D eigenvalue weighted by atomic mass is 16.6. The number of phenolic OH excluding ortho intramolecular Hbond substituents is 1. The Morgan fingerprint density at radius 2 is 1.41 bits per heavy atom. The molecule has 37 heavy (non-hydrogen) atoms. The van der Waals surface area contributed by atoms with E-state index in [1.807, 2.05) is 65.3 Å². The lowest BCUT2D eigenvalue weighted by Gasteiger charge is -2.32. The maximum absolute atomic E-state index is 11.2. The van der Waals surface area contributed by atoms with Gasteiger partial charge < -0.3 is 5.11 Å². The topological polar surface area (TPSA) is 81.2 Å². The van der Waals surface area contributed by atoms with Crippen LogP contribution in [0, 0.1) is 10.1 Å². The van der Waals surface area contributed by atoms with E-state index in [-0.39, 0.29) is 28.2 Å². The van der Waals surface area contributed by atoms with Crippen LogP contribution in [-0.4, -0.2) is 19.8 Å². The molecule has 6 rings (SSSR count). The van der Waals surface area contributed by atoms with Gasteiger partial charge in [0.05, 0.1) is 22.0 Å². The summed E-state index contributed by atoms with van der Waals surface area (Å²) < 4.78 is 1.90. The minimum absolute atomic E-state index is 0.0610. The molecule has 1 aliphatic rings. The van der Waals surface area contributed by atoms with Crippen molar-refractivity contribution in [3.05, 3.63) is 142 Å². The summed E-state index contributed by atoms with van der Waals surface area (Å²) in [5, 5.41) is 27.1. The number of phenols is 1. The van der Waals surface area contributed by atoms with E-state index in [0.29, 0.717) is 5.56 Å². The molecule has 5 aromatic rings. The Morgan fingerprint density at radius 3 is 2.08 bits per heavy atom. The number of aromatic nitrogens is 2. The zero-order chi connectivity index (χ0) is 25.4. The molecule has 0 aliphatic heterocycles. The van der Waals surface area contributed by atoms with Crippen LogP contribution in [0.2, 0.25) is 0 Å². The number of nitrogens with zero attached hydrogens (tertiary/aromatic N) is 3. The highest BCUT2D eigenvalue weighted by molar-refractivity contribution is 5.69. The van der Waals surface area contributed by atoms with E-state index in [0.717, 1.165) is 35.5 Å². The van der Waals surface area contributed by atoms with Gasteiger partial charge in [-0.3, -0.25) is 10.1 Å². The van der Waals surface area contributed by atoms with Gasteiger partial charge in [-0.15, -0.1) is 0 Å². The maximum Gasteiger partial charge on any atom is 0.269 e. The van der Waals surface area contributed by atoms with E-state index >= 15 is 0 Å². The number of hydrogen-bond donors (Lipinski definition) is 1. The van der Waals surface area contributed by atoms with Gasteiger partial charge in [0.25, 0.3) is 5.69 Å². The van der Waals surface area contributed by atoms with Gasteiger partial charge in [0, 0.05) is 23.6 Å². The second-order valence-electron chi connectivity index (χ2n) is 9.46. The summed E-state index contributed by atoms with van der Waals surface area (Å²) >= 11 is 0. The summed E-state index contributed by atoms with van der Waals surface area (Å²) in [6.07, 6.45) is 1.63. The van der Waals surface area contributed by atoms with E-state index in [1.54, 1.807) is 18.2 Å². The lowest BCUT2D eigenvalue weighted by Crippen LogP contribution is -2.23. The molecule has 4 aromatic carbocycles. The molecule has 0 amide bonds. The minimum Gasteiger partial charge on any atom is -0.507 e. The average Bonchev–Trinajstić information content (AvgIpc) is 3.38. The molecule has 1 aliphatic carbocycles. The Kier molecular flexibility index (Phi) is 5.77. The summed E-state index contributed by atoms with van der Waals surface area (Å²) in [6.45, 7) is 0. The molecule has 182 valence electrons. The number of fused-ring (bicyclic) bond motifs is 1. The Bertz CT molecular complexity index is 1580. The van der Waals surface area contributed by atoms with Crippen LogP contribution in [0.15, 0.2) is 109 Å². The van der Waals surface area contributed by atoms with Crippen molar-refractivity contribution < 1.29 is 10.0 Å². The van der Waals surface area contributed by atoms with E-state index in [1.165, 1.54) is 11.1 Å². The van der Waals surface area contributed by atoms with Gasteiger partial charge in [-0.25, -0.2) is 4.68 Å². The van der Waals surface area contributed by atoms with E-state index in [4.69, 9.17) is 5.10 Å². The predicted molar refractivity (Wildman–Crippen MR) is 143 cm³/mol. The summed E-state index contributed by atoms with van der Waals surface area (Å²) in [5.41, 5.74) is 7.12. The summed E-state index contributed by atoms with van der Waals surface area (Å²) in [6, 6.07) is 34.7. The van der Waals surface area contributed by atoms with Crippen LogP contribution in [-0.2, 0) is 12.8 Å². The minimum atomic E-state index is -0.364. The van der Waals surface area contributed by atoms with Crippen molar-refractivity contribution >= 4 is 5.69 Å². The third-order valence-corrected chi connectivity index (χ3v) is 7.30. The molecule has 1 aromatic heterocycles. The van der Waals surface area contributed by atoms with Crippen molar-refractivity contribution in [2.24, 2.45) is 0 Å². The van der Waals surface area contributed by atoms with Gasteiger partial charge in [-0.1, -0.05) is 66.7 Å². The first-order valence-corrected chi connectivity index (χ1v) is 12.3. The van der Waals surface area contributed by atoms with Crippen molar-refractivity contribution in [2.75, 3.05) is 0 Å². The Morgan fingerprint density at radius 1 is 0.784 bits per heavy atom. The van der Waals surface area contributed by atoms with Crippen LogP contribution in [0.3, 0.4) is 0 Å². The molecule has 0 spiro atoms. The molecule has 0 saturated heterocycles. The monoisotopic (exact) mass is 487 g/mol.